The largest absolute Gasteiger partial charge is 0.398 e. The van der Waals surface area contributed by atoms with Gasteiger partial charge in [-0.15, -0.1) is 5.10 Å². The second-order valence-corrected chi connectivity index (χ2v) is 4.68. The van der Waals surface area contributed by atoms with E-state index in [2.05, 4.69) is 15.5 Å². The first-order valence-corrected chi connectivity index (χ1v) is 6.23. The van der Waals surface area contributed by atoms with Crippen LogP contribution in [0.15, 0.2) is 36.4 Å². The van der Waals surface area contributed by atoms with Gasteiger partial charge < -0.3 is 5.73 Å². The summed E-state index contributed by atoms with van der Waals surface area (Å²) in [6.07, 6.45) is 0. The lowest BCUT2D eigenvalue weighted by Crippen LogP contribution is -2.04. The van der Waals surface area contributed by atoms with Crippen LogP contribution in [0.5, 0.6) is 0 Å². The van der Waals surface area contributed by atoms with Crippen LogP contribution in [-0.2, 0) is 0 Å². The van der Waals surface area contributed by atoms with Crippen LogP contribution in [0.3, 0.4) is 0 Å². The van der Waals surface area contributed by atoms with Gasteiger partial charge in [-0.1, -0.05) is 11.6 Å². The van der Waals surface area contributed by atoms with Gasteiger partial charge in [-0.05, 0) is 40.8 Å². The Balaban J connectivity index is 2.19. The van der Waals surface area contributed by atoms with Crippen molar-refractivity contribution in [2.24, 2.45) is 0 Å². The van der Waals surface area contributed by atoms with Crippen molar-refractivity contribution in [3.8, 4) is 17.1 Å². The van der Waals surface area contributed by atoms with Crippen molar-refractivity contribution in [1.82, 2.24) is 20.2 Å². The first kappa shape index (κ1) is 13.4. The monoisotopic (exact) mass is 307 g/mol. The number of benzene rings is 2. The summed E-state index contributed by atoms with van der Waals surface area (Å²) in [5.74, 6) is -1.27. The van der Waals surface area contributed by atoms with Gasteiger partial charge in [0.1, 0.15) is 11.5 Å². The van der Waals surface area contributed by atoms with E-state index in [1.54, 1.807) is 18.2 Å². The van der Waals surface area contributed by atoms with Crippen molar-refractivity contribution in [2.45, 2.75) is 0 Å². The van der Waals surface area contributed by atoms with E-state index in [1.807, 2.05) is 0 Å². The van der Waals surface area contributed by atoms with Gasteiger partial charge in [0.25, 0.3) is 0 Å². The number of halogens is 3. The van der Waals surface area contributed by atoms with E-state index in [4.69, 9.17) is 17.3 Å². The highest BCUT2D eigenvalue weighted by molar-refractivity contribution is 6.31. The normalized spacial score (nSPS) is 10.8. The Bertz CT molecular complexity index is 818. The molecular formula is C13H8ClF2N5. The molecule has 8 heteroatoms. The Morgan fingerprint density at radius 3 is 2.67 bits per heavy atom. The molecule has 3 rings (SSSR count). The lowest BCUT2D eigenvalue weighted by molar-refractivity contribution is 0.572. The van der Waals surface area contributed by atoms with Crippen LogP contribution < -0.4 is 5.73 Å². The van der Waals surface area contributed by atoms with E-state index in [0.29, 0.717) is 16.3 Å². The zero-order valence-corrected chi connectivity index (χ0v) is 11.2. The summed E-state index contributed by atoms with van der Waals surface area (Å²) in [6, 6.07) is 7.89. The molecule has 2 aromatic carbocycles. The fraction of sp³-hybridized carbons (Fsp3) is 0. The highest BCUT2D eigenvalue weighted by Gasteiger charge is 2.17. The summed E-state index contributed by atoms with van der Waals surface area (Å²) in [6.45, 7) is 0. The molecule has 0 atom stereocenters. The molecule has 0 unspecified atom stereocenters. The molecule has 0 aliphatic carbocycles. The maximum absolute atomic E-state index is 13.9. The zero-order chi connectivity index (χ0) is 15.0. The van der Waals surface area contributed by atoms with Gasteiger partial charge in [0.15, 0.2) is 11.6 Å². The molecular weight excluding hydrogens is 300 g/mol. The van der Waals surface area contributed by atoms with Gasteiger partial charge in [-0.25, -0.2) is 8.78 Å². The predicted molar refractivity (Wildman–Crippen MR) is 73.9 cm³/mol. The minimum atomic E-state index is -0.788. The molecule has 0 radical (unpaired) electrons. The summed E-state index contributed by atoms with van der Waals surface area (Å²) in [5.41, 5.74) is 6.72. The van der Waals surface area contributed by atoms with Crippen LogP contribution in [0.1, 0.15) is 0 Å². The average Bonchev–Trinajstić information content (AvgIpc) is 2.90. The second kappa shape index (κ2) is 5.10. The maximum Gasteiger partial charge on any atom is 0.189 e. The minimum Gasteiger partial charge on any atom is -0.398 e. The first-order chi connectivity index (χ1) is 10.1. The van der Waals surface area contributed by atoms with Crippen molar-refractivity contribution < 1.29 is 8.78 Å². The van der Waals surface area contributed by atoms with E-state index in [-0.39, 0.29) is 11.5 Å². The zero-order valence-electron chi connectivity index (χ0n) is 10.5. The van der Waals surface area contributed by atoms with Crippen molar-refractivity contribution in [3.63, 3.8) is 0 Å². The molecule has 0 saturated heterocycles. The molecule has 21 heavy (non-hydrogen) atoms. The topological polar surface area (TPSA) is 69.6 Å². The Morgan fingerprint density at radius 2 is 1.90 bits per heavy atom. The number of rotatable bonds is 2. The predicted octanol–water partition coefficient (Wildman–Crippen LogP) is 2.84. The van der Waals surface area contributed by atoms with Crippen molar-refractivity contribution in [2.75, 3.05) is 5.73 Å². The Kier molecular flexibility index (Phi) is 3.26. The lowest BCUT2D eigenvalue weighted by atomic mass is 10.1. The summed E-state index contributed by atoms with van der Waals surface area (Å²) in [4.78, 5) is 0. The second-order valence-electron chi connectivity index (χ2n) is 4.24. The number of nitrogen functional groups attached to an aromatic ring is 1. The molecule has 2 N–H and O–H groups in total. The van der Waals surface area contributed by atoms with Gasteiger partial charge in [-0.3, -0.25) is 0 Å². The molecule has 5 nitrogen and oxygen atoms in total. The summed E-state index contributed by atoms with van der Waals surface area (Å²) in [7, 11) is 0. The molecule has 1 heterocycles. The Morgan fingerprint density at radius 1 is 1.10 bits per heavy atom. The van der Waals surface area contributed by atoms with Crippen LogP contribution in [-0.4, -0.2) is 20.2 Å². The number of nitrogens with zero attached hydrogens (tertiary/aromatic N) is 4. The molecule has 0 bridgehead atoms. The summed E-state index contributed by atoms with van der Waals surface area (Å²) < 4.78 is 28.0. The van der Waals surface area contributed by atoms with Gasteiger partial charge in [-0.2, -0.15) is 4.68 Å². The number of hydrogen-bond acceptors (Lipinski definition) is 4. The van der Waals surface area contributed by atoms with Gasteiger partial charge in [0.05, 0.1) is 0 Å². The standard InChI is InChI=1S/C13H8ClF2N5/c14-7-1-3-11(17)9(5-7)13-18-19-20-21(13)12-4-2-8(15)6-10(12)16/h1-6H,17H2. The van der Waals surface area contributed by atoms with E-state index >= 15 is 0 Å². The SMILES string of the molecule is Nc1ccc(Cl)cc1-c1nnnn1-c1ccc(F)cc1F. The fourth-order valence-corrected chi connectivity index (χ4v) is 2.06. The number of hydrogen-bond donors (Lipinski definition) is 1. The number of nitrogens with two attached hydrogens (primary N) is 1. The molecule has 0 fully saturated rings. The minimum absolute atomic E-state index is 0.00998. The highest BCUT2D eigenvalue weighted by Crippen LogP contribution is 2.28. The molecule has 0 aliphatic rings. The third kappa shape index (κ3) is 2.43. The van der Waals surface area contributed by atoms with Crippen LogP contribution in [0.25, 0.3) is 17.1 Å². The van der Waals surface area contributed by atoms with Gasteiger partial charge in [0.2, 0.25) is 0 Å². The smallest absolute Gasteiger partial charge is 0.189 e. The van der Waals surface area contributed by atoms with E-state index in [1.165, 1.54) is 6.07 Å². The molecule has 3 aromatic rings. The fourth-order valence-electron chi connectivity index (χ4n) is 1.89. The average molecular weight is 308 g/mol. The third-order valence-corrected chi connectivity index (χ3v) is 3.10. The molecule has 0 spiro atoms. The lowest BCUT2D eigenvalue weighted by Gasteiger charge is -2.08. The first-order valence-electron chi connectivity index (χ1n) is 5.85. The van der Waals surface area contributed by atoms with Crippen LogP contribution in [0.2, 0.25) is 5.02 Å². The van der Waals surface area contributed by atoms with Crippen molar-refractivity contribution in [1.29, 1.82) is 0 Å². The number of aromatic nitrogens is 4. The van der Waals surface area contributed by atoms with Crippen molar-refractivity contribution >= 4 is 17.3 Å². The Hall–Kier alpha value is -2.54. The maximum atomic E-state index is 13.9. The third-order valence-electron chi connectivity index (χ3n) is 2.86. The molecule has 106 valence electrons. The molecule has 0 saturated carbocycles. The highest BCUT2D eigenvalue weighted by atomic mass is 35.5. The van der Waals surface area contributed by atoms with Crippen LogP contribution >= 0.6 is 11.6 Å². The number of tetrazole rings is 1. The van der Waals surface area contributed by atoms with Crippen molar-refractivity contribution in [3.05, 3.63) is 53.1 Å². The molecule has 0 aliphatic heterocycles. The van der Waals surface area contributed by atoms with Crippen LogP contribution in [0, 0.1) is 11.6 Å². The van der Waals surface area contributed by atoms with E-state index < -0.39 is 11.6 Å². The molecule has 1 aromatic heterocycles. The van der Waals surface area contributed by atoms with Gasteiger partial charge >= 0.3 is 0 Å². The summed E-state index contributed by atoms with van der Waals surface area (Å²) in [5, 5.41) is 11.5. The molecule has 0 amide bonds. The Labute approximate surface area is 123 Å². The quantitative estimate of drug-likeness (QED) is 0.739. The van der Waals surface area contributed by atoms with Crippen LogP contribution in [0.4, 0.5) is 14.5 Å². The van der Waals surface area contributed by atoms with E-state index in [0.717, 1.165) is 16.8 Å². The van der Waals surface area contributed by atoms with Gasteiger partial charge in [0, 0.05) is 22.3 Å². The van der Waals surface area contributed by atoms with E-state index in [9.17, 15) is 8.78 Å². The summed E-state index contributed by atoms with van der Waals surface area (Å²) >= 11 is 5.93. The number of anilines is 1.